The lowest BCUT2D eigenvalue weighted by Gasteiger charge is -2.19. The van der Waals surface area contributed by atoms with E-state index < -0.39 is 0 Å². The number of Topliss-reactive ketones (excluding diaryl/α,β-unsaturated/α-hetero) is 1. The van der Waals surface area contributed by atoms with Crippen LogP contribution in [0.15, 0.2) is 36.4 Å². The van der Waals surface area contributed by atoms with Crippen LogP contribution in [-0.2, 0) is 13.0 Å². The number of aromatic nitrogens is 1. The van der Waals surface area contributed by atoms with Crippen molar-refractivity contribution in [2.75, 3.05) is 11.4 Å². The molecule has 0 radical (unpaired) electrons. The van der Waals surface area contributed by atoms with E-state index in [1.807, 2.05) is 31.2 Å². The van der Waals surface area contributed by atoms with E-state index in [0.29, 0.717) is 0 Å². The summed E-state index contributed by atoms with van der Waals surface area (Å²) in [6.45, 7) is 5.45. The highest BCUT2D eigenvalue weighted by atomic mass is 16.1. The lowest BCUT2D eigenvalue weighted by molar-refractivity contribution is 0.101. The largest absolute Gasteiger partial charge is 0.365 e. The maximum Gasteiger partial charge on any atom is 0.159 e. The summed E-state index contributed by atoms with van der Waals surface area (Å²) in [4.78, 5) is 18.3. The Hall–Kier alpha value is -2.16. The molecule has 1 aliphatic heterocycles. The number of aryl methyl sites for hydroxylation is 1. The molecule has 3 nitrogen and oxygen atoms in total. The lowest BCUT2D eigenvalue weighted by atomic mass is 10.1. The van der Waals surface area contributed by atoms with Crippen molar-refractivity contribution in [1.29, 1.82) is 0 Å². The Morgan fingerprint density at radius 1 is 1.30 bits per heavy atom. The molecule has 1 aliphatic rings. The summed E-state index contributed by atoms with van der Waals surface area (Å²) in [5.41, 5.74) is 5.45. The molecule has 3 heteroatoms. The van der Waals surface area contributed by atoms with Gasteiger partial charge in [0.25, 0.3) is 0 Å². The molecule has 102 valence electrons. The van der Waals surface area contributed by atoms with E-state index in [1.165, 1.54) is 11.3 Å². The molecule has 0 aliphatic carbocycles. The van der Waals surface area contributed by atoms with E-state index in [0.717, 1.165) is 36.5 Å². The second kappa shape index (κ2) is 5.08. The van der Waals surface area contributed by atoms with E-state index in [1.54, 1.807) is 6.92 Å². The standard InChI is InChI=1S/C17H18N2O/c1-12-4-3-5-16(18-12)11-19-9-8-15-10-14(13(2)20)6-7-17(15)19/h3-7,10H,8-9,11H2,1-2H3. The molecule has 1 aromatic heterocycles. The highest BCUT2D eigenvalue weighted by Crippen LogP contribution is 2.30. The van der Waals surface area contributed by atoms with Crippen LogP contribution >= 0.6 is 0 Å². The molecule has 0 amide bonds. The number of ketones is 1. The molecule has 2 aromatic rings. The monoisotopic (exact) mass is 266 g/mol. The van der Waals surface area contributed by atoms with Gasteiger partial charge in [-0.1, -0.05) is 6.07 Å². The second-order valence-electron chi connectivity index (χ2n) is 5.34. The molecule has 0 fully saturated rings. The number of rotatable bonds is 3. The first-order chi connectivity index (χ1) is 9.63. The minimum Gasteiger partial charge on any atom is -0.365 e. The third-order valence-electron chi connectivity index (χ3n) is 3.78. The number of pyridine rings is 1. The zero-order chi connectivity index (χ0) is 14.1. The van der Waals surface area contributed by atoms with Gasteiger partial charge in [-0.25, -0.2) is 0 Å². The Morgan fingerprint density at radius 2 is 2.15 bits per heavy atom. The van der Waals surface area contributed by atoms with E-state index in [9.17, 15) is 4.79 Å². The Bertz CT molecular complexity index is 664. The van der Waals surface area contributed by atoms with Crippen LogP contribution in [0.25, 0.3) is 0 Å². The van der Waals surface area contributed by atoms with Gasteiger partial charge >= 0.3 is 0 Å². The van der Waals surface area contributed by atoms with E-state index in [4.69, 9.17) is 0 Å². The van der Waals surface area contributed by atoms with Crippen LogP contribution in [0.4, 0.5) is 5.69 Å². The molecular weight excluding hydrogens is 248 g/mol. The van der Waals surface area contributed by atoms with Crippen molar-refractivity contribution in [3.63, 3.8) is 0 Å². The number of carbonyl (C=O) groups excluding carboxylic acids is 1. The summed E-state index contributed by atoms with van der Waals surface area (Å²) < 4.78 is 0. The Morgan fingerprint density at radius 3 is 2.90 bits per heavy atom. The summed E-state index contributed by atoms with van der Waals surface area (Å²) in [6.07, 6.45) is 1.00. The first kappa shape index (κ1) is 12.9. The van der Waals surface area contributed by atoms with Crippen LogP contribution in [0, 0.1) is 6.92 Å². The summed E-state index contributed by atoms with van der Waals surface area (Å²) in [6, 6.07) is 12.1. The van der Waals surface area contributed by atoms with Gasteiger partial charge in [0.05, 0.1) is 12.2 Å². The lowest BCUT2D eigenvalue weighted by Crippen LogP contribution is -2.20. The van der Waals surface area contributed by atoms with Crippen LogP contribution in [0.1, 0.15) is 34.2 Å². The van der Waals surface area contributed by atoms with Gasteiger partial charge in [-0.05, 0) is 56.2 Å². The van der Waals surface area contributed by atoms with Gasteiger partial charge in [0, 0.05) is 23.5 Å². The molecule has 0 N–H and O–H groups in total. The highest BCUT2D eigenvalue weighted by molar-refractivity contribution is 5.94. The summed E-state index contributed by atoms with van der Waals surface area (Å²) >= 11 is 0. The quantitative estimate of drug-likeness (QED) is 0.800. The average Bonchev–Trinajstić information content (AvgIpc) is 2.81. The minimum absolute atomic E-state index is 0.131. The molecule has 0 bridgehead atoms. The average molecular weight is 266 g/mol. The Balaban J connectivity index is 1.84. The van der Waals surface area contributed by atoms with Gasteiger partial charge in [0.2, 0.25) is 0 Å². The van der Waals surface area contributed by atoms with Crippen molar-refractivity contribution < 1.29 is 4.79 Å². The number of fused-ring (bicyclic) bond motifs is 1. The number of benzene rings is 1. The highest BCUT2D eigenvalue weighted by Gasteiger charge is 2.20. The van der Waals surface area contributed by atoms with Crippen LogP contribution in [0.2, 0.25) is 0 Å². The van der Waals surface area contributed by atoms with Gasteiger partial charge in [0.1, 0.15) is 0 Å². The molecule has 1 aromatic carbocycles. The number of hydrogen-bond acceptors (Lipinski definition) is 3. The van der Waals surface area contributed by atoms with Gasteiger partial charge < -0.3 is 4.90 Å². The molecule has 0 atom stereocenters. The van der Waals surface area contributed by atoms with Gasteiger partial charge in [-0.3, -0.25) is 9.78 Å². The number of anilines is 1. The smallest absolute Gasteiger partial charge is 0.159 e. The van der Waals surface area contributed by atoms with Crippen molar-refractivity contribution in [2.45, 2.75) is 26.8 Å². The predicted octanol–water partition coefficient (Wildman–Crippen LogP) is 3.16. The maximum atomic E-state index is 11.4. The van der Waals surface area contributed by atoms with E-state index in [2.05, 4.69) is 22.0 Å². The first-order valence-corrected chi connectivity index (χ1v) is 6.95. The number of carbonyl (C=O) groups is 1. The van der Waals surface area contributed by atoms with Crippen molar-refractivity contribution >= 4 is 11.5 Å². The molecule has 0 saturated carbocycles. The van der Waals surface area contributed by atoms with Crippen molar-refractivity contribution in [1.82, 2.24) is 4.98 Å². The second-order valence-corrected chi connectivity index (χ2v) is 5.34. The van der Waals surface area contributed by atoms with Crippen molar-refractivity contribution in [2.24, 2.45) is 0 Å². The first-order valence-electron chi connectivity index (χ1n) is 6.95. The fraction of sp³-hybridized carbons (Fsp3) is 0.294. The molecule has 0 saturated heterocycles. The summed E-state index contributed by atoms with van der Waals surface area (Å²) in [7, 11) is 0. The van der Waals surface area contributed by atoms with Gasteiger partial charge in [0.15, 0.2) is 5.78 Å². The minimum atomic E-state index is 0.131. The summed E-state index contributed by atoms with van der Waals surface area (Å²) in [5, 5.41) is 0. The molecule has 3 rings (SSSR count). The molecule has 2 heterocycles. The van der Waals surface area contributed by atoms with Crippen LogP contribution < -0.4 is 4.90 Å². The third-order valence-corrected chi connectivity index (χ3v) is 3.78. The van der Waals surface area contributed by atoms with E-state index >= 15 is 0 Å². The summed E-state index contributed by atoms with van der Waals surface area (Å²) in [5.74, 6) is 0.131. The van der Waals surface area contributed by atoms with E-state index in [-0.39, 0.29) is 5.78 Å². The molecule has 0 spiro atoms. The fourth-order valence-electron chi connectivity index (χ4n) is 2.74. The van der Waals surface area contributed by atoms with Crippen LogP contribution in [0.5, 0.6) is 0 Å². The normalized spacial score (nSPS) is 13.4. The number of nitrogens with zero attached hydrogens (tertiary/aromatic N) is 2. The predicted molar refractivity (Wildman–Crippen MR) is 80.2 cm³/mol. The zero-order valence-electron chi connectivity index (χ0n) is 11.9. The fourth-order valence-corrected chi connectivity index (χ4v) is 2.74. The van der Waals surface area contributed by atoms with Crippen molar-refractivity contribution in [3.05, 3.63) is 58.9 Å². The maximum absolute atomic E-state index is 11.4. The Kier molecular flexibility index (Phi) is 3.26. The number of hydrogen-bond donors (Lipinski definition) is 0. The molecule has 20 heavy (non-hydrogen) atoms. The molecular formula is C17H18N2O. The molecule has 0 unspecified atom stereocenters. The third kappa shape index (κ3) is 2.44. The van der Waals surface area contributed by atoms with Crippen molar-refractivity contribution in [3.8, 4) is 0 Å². The SMILES string of the molecule is CC(=O)c1ccc2c(c1)CCN2Cc1cccc(C)n1. The van der Waals surface area contributed by atoms with Gasteiger partial charge in [-0.2, -0.15) is 0 Å². The van der Waals surface area contributed by atoms with Crippen LogP contribution in [0.3, 0.4) is 0 Å². The topological polar surface area (TPSA) is 33.2 Å². The zero-order valence-corrected chi connectivity index (χ0v) is 11.9. The van der Waals surface area contributed by atoms with Gasteiger partial charge in [-0.15, -0.1) is 0 Å². The van der Waals surface area contributed by atoms with Crippen LogP contribution in [-0.4, -0.2) is 17.3 Å². The Labute approximate surface area is 119 Å².